The van der Waals surface area contributed by atoms with Gasteiger partial charge in [0.15, 0.2) is 0 Å². The Morgan fingerprint density at radius 3 is 2.57 bits per heavy atom. The first kappa shape index (κ1) is 11.0. The Hall–Kier alpha value is -1.10. The average molecular weight is 199 g/mol. The van der Waals surface area contributed by atoms with Crippen molar-refractivity contribution in [2.75, 3.05) is 26.7 Å². The van der Waals surface area contributed by atoms with E-state index in [4.69, 9.17) is 0 Å². The van der Waals surface area contributed by atoms with Crippen LogP contribution in [0.1, 0.15) is 6.92 Å². The highest BCUT2D eigenvalue weighted by molar-refractivity contribution is 5.85. The summed E-state index contributed by atoms with van der Waals surface area (Å²) in [6.45, 7) is 3.76. The zero-order valence-corrected chi connectivity index (χ0v) is 8.59. The molecule has 0 radical (unpaired) electrons. The predicted molar refractivity (Wildman–Crippen MR) is 52.6 cm³/mol. The van der Waals surface area contributed by atoms with Gasteiger partial charge in [-0.1, -0.05) is 6.92 Å². The van der Waals surface area contributed by atoms with Gasteiger partial charge in [0, 0.05) is 13.0 Å². The summed E-state index contributed by atoms with van der Waals surface area (Å²) in [5.41, 5.74) is 0. The van der Waals surface area contributed by atoms with E-state index >= 15 is 0 Å². The zero-order valence-electron chi connectivity index (χ0n) is 8.59. The van der Waals surface area contributed by atoms with Crippen molar-refractivity contribution in [3.8, 4) is 0 Å². The summed E-state index contributed by atoms with van der Waals surface area (Å²) in [5, 5.41) is 8.17. The van der Waals surface area contributed by atoms with Gasteiger partial charge >= 0.3 is 0 Å². The normalized spacial score (nSPS) is 18.1. The molecule has 0 spiro atoms. The van der Waals surface area contributed by atoms with Crippen LogP contribution < -0.4 is 16.0 Å². The minimum Gasteiger partial charge on any atom is -0.358 e. The Morgan fingerprint density at radius 2 is 2.14 bits per heavy atom. The number of carbonyl (C=O) groups excluding carboxylic acids is 2. The first-order valence-corrected chi connectivity index (χ1v) is 4.84. The zero-order chi connectivity index (χ0) is 10.6. The van der Waals surface area contributed by atoms with Gasteiger partial charge in [-0.15, -0.1) is 0 Å². The second-order valence-corrected chi connectivity index (χ2v) is 3.60. The quantitative estimate of drug-likeness (QED) is 0.527. The summed E-state index contributed by atoms with van der Waals surface area (Å²) in [6.07, 6.45) is 0. The number of amides is 2. The van der Waals surface area contributed by atoms with Gasteiger partial charge in [0.05, 0.1) is 6.54 Å². The summed E-state index contributed by atoms with van der Waals surface area (Å²) in [5.74, 6) is 0.193. The van der Waals surface area contributed by atoms with Crippen LogP contribution in [-0.2, 0) is 9.59 Å². The molecule has 3 N–H and O–H groups in total. The molecule has 0 aromatic rings. The molecule has 0 aliphatic carbocycles. The first-order valence-electron chi connectivity index (χ1n) is 4.84. The highest BCUT2D eigenvalue weighted by Crippen LogP contribution is 2.15. The van der Waals surface area contributed by atoms with Crippen LogP contribution in [0.2, 0.25) is 0 Å². The van der Waals surface area contributed by atoms with Crippen molar-refractivity contribution >= 4 is 11.8 Å². The standard InChI is InChI=1S/C9H17N3O2/c1-6(7-3-11-4-7)9(14)12-5-8(13)10-2/h6-7,11H,3-5H2,1-2H3,(H,10,13)(H,12,14). The van der Waals surface area contributed by atoms with E-state index in [9.17, 15) is 9.59 Å². The molecular formula is C9H17N3O2. The molecule has 1 heterocycles. The number of likely N-dealkylation sites (N-methyl/N-ethyl adjacent to an activating group) is 1. The number of nitrogens with one attached hydrogen (secondary N) is 3. The van der Waals surface area contributed by atoms with Gasteiger partial charge in [-0.05, 0) is 19.0 Å². The van der Waals surface area contributed by atoms with Crippen LogP contribution in [0.25, 0.3) is 0 Å². The van der Waals surface area contributed by atoms with Crippen LogP contribution in [0, 0.1) is 11.8 Å². The lowest BCUT2D eigenvalue weighted by molar-refractivity contribution is -0.129. The molecule has 14 heavy (non-hydrogen) atoms. The van der Waals surface area contributed by atoms with Crippen LogP contribution in [0.4, 0.5) is 0 Å². The molecule has 0 bridgehead atoms. The second-order valence-electron chi connectivity index (χ2n) is 3.60. The van der Waals surface area contributed by atoms with Gasteiger partial charge in [0.2, 0.25) is 11.8 Å². The van der Waals surface area contributed by atoms with Crippen molar-refractivity contribution in [1.29, 1.82) is 0 Å². The fourth-order valence-electron chi connectivity index (χ4n) is 1.30. The van der Waals surface area contributed by atoms with E-state index in [-0.39, 0.29) is 24.3 Å². The Kier molecular flexibility index (Phi) is 3.88. The molecule has 2 amide bonds. The average Bonchev–Trinajstić information content (AvgIpc) is 2.10. The summed E-state index contributed by atoms with van der Waals surface area (Å²) >= 11 is 0. The molecule has 5 nitrogen and oxygen atoms in total. The van der Waals surface area contributed by atoms with E-state index in [0.29, 0.717) is 5.92 Å². The maximum atomic E-state index is 11.5. The summed E-state index contributed by atoms with van der Waals surface area (Å²) in [7, 11) is 1.55. The van der Waals surface area contributed by atoms with Crippen molar-refractivity contribution in [3.63, 3.8) is 0 Å². The van der Waals surface area contributed by atoms with Gasteiger partial charge in [-0.25, -0.2) is 0 Å². The molecule has 0 aromatic carbocycles. The molecule has 1 fully saturated rings. The largest absolute Gasteiger partial charge is 0.358 e. The van der Waals surface area contributed by atoms with E-state index in [0.717, 1.165) is 13.1 Å². The monoisotopic (exact) mass is 199 g/mol. The highest BCUT2D eigenvalue weighted by Gasteiger charge is 2.28. The predicted octanol–water partition coefficient (Wildman–Crippen LogP) is -1.30. The minimum absolute atomic E-state index is 0.0130. The van der Waals surface area contributed by atoms with E-state index in [1.54, 1.807) is 7.05 Å². The summed E-state index contributed by atoms with van der Waals surface area (Å²) in [4.78, 5) is 22.3. The molecule has 0 saturated carbocycles. The minimum atomic E-state index is -0.169. The lowest BCUT2D eigenvalue weighted by Crippen LogP contribution is -2.50. The van der Waals surface area contributed by atoms with Crippen LogP contribution in [-0.4, -0.2) is 38.5 Å². The second kappa shape index (κ2) is 4.95. The maximum absolute atomic E-state index is 11.5. The molecule has 0 aromatic heterocycles. The van der Waals surface area contributed by atoms with Crippen molar-refractivity contribution < 1.29 is 9.59 Å². The lowest BCUT2D eigenvalue weighted by Gasteiger charge is -2.31. The third kappa shape index (κ3) is 2.70. The fourth-order valence-corrected chi connectivity index (χ4v) is 1.30. The van der Waals surface area contributed by atoms with E-state index < -0.39 is 0 Å². The SMILES string of the molecule is CNC(=O)CNC(=O)C(C)C1CNC1. The van der Waals surface area contributed by atoms with E-state index in [1.807, 2.05) is 6.92 Å². The van der Waals surface area contributed by atoms with Crippen LogP contribution >= 0.6 is 0 Å². The van der Waals surface area contributed by atoms with Crippen LogP contribution in [0.5, 0.6) is 0 Å². The first-order chi connectivity index (χ1) is 6.65. The topological polar surface area (TPSA) is 70.2 Å². The number of carbonyl (C=O) groups is 2. The smallest absolute Gasteiger partial charge is 0.239 e. The van der Waals surface area contributed by atoms with E-state index in [1.165, 1.54) is 0 Å². The summed E-state index contributed by atoms with van der Waals surface area (Å²) in [6, 6.07) is 0. The van der Waals surface area contributed by atoms with Crippen molar-refractivity contribution in [3.05, 3.63) is 0 Å². The third-order valence-corrected chi connectivity index (χ3v) is 2.64. The summed E-state index contributed by atoms with van der Waals surface area (Å²) < 4.78 is 0. The van der Waals surface area contributed by atoms with Gasteiger partial charge in [0.25, 0.3) is 0 Å². The van der Waals surface area contributed by atoms with Gasteiger partial charge in [-0.3, -0.25) is 9.59 Å². The van der Waals surface area contributed by atoms with Gasteiger partial charge in [0.1, 0.15) is 0 Å². The molecular weight excluding hydrogens is 182 g/mol. The maximum Gasteiger partial charge on any atom is 0.239 e. The van der Waals surface area contributed by atoms with Gasteiger partial charge in [-0.2, -0.15) is 0 Å². The van der Waals surface area contributed by atoms with E-state index in [2.05, 4.69) is 16.0 Å². The molecule has 5 heteroatoms. The molecule has 1 aliphatic heterocycles. The molecule has 1 rings (SSSR count). The Bertz CT molecular complexity index is 226. The third-order valence-electron chi connectivity index (χ3n) is 2.64. The molecule has 1 aliphatic rings. The Balaban J connectivity index is 2.23. The van der Waals surface area contributed by atoms with Crippen molar-refractivity contribution in [2.24, 2.45) is 11.8 Å². The number of rotatable bonds is 4. The Morgan fingerprint density at radius 1 is 1.50 bits per heavy atom. The van der Waals surface area contributed by atoms with Crippen LogP contribution in [0.15, 0.2) is 0 Å². The van der Waals surface area contributed by atoms with Crippen LogP contribution in [0.3, 0.4) is 0 Å². The Labute approximate surface area is 83.6 Å². The number of hydrogen-bond acceptors (Lipinski definition) is 3. The molecule has 1 unspecified atom stereocenters. The fraction of sp³-hybridized carbons (Fsp3) is 0.778. The molecule has 80 valence electrons. The van der Waals surface area contributed by atoms with Crippen molar-refractivity contribution in [2.45, 2.75) is 6.92 Å². The molecule has 1 saturated heterocycles. The highest BCUT2D eigenvalue weighted by atomic mass is 16.2. The lowest BCUT2D eigenvalue weighted by atomic mass is 9.88. The molecule has 1 atom stereocenters. The van der Waals surface area contributed by atoms with Gasteiger partial charge < -0.3 is 16.0 Å². The number of hydrogen-bond donors (Lipinski definition) is 3. The van der Waals surface area contributed by atoms with Crippen molar-refractivity contribution in [1.82, 2.24) is 16.0 Å².